The molecule has 0 spiro atoms. The number of amides is 1. The van der Waals surface area contributed by atoms with E-state index in [1.165, 1.54) is 6.92 Å². The molecule has 1 aromatic heterocycles. The lowest BCUT2D eigenvalue weighted by Gasteiger charge is -2.15. The molecule has 29 heavy (non-hydrogen) atoms. The summed E-state index contributed by atoms with van der Waals surface area (Å²) in [5.41, 5.74) is 0.868. The van der Waals surface area contributed by atoms with Gasteiger partial charge in [-0.05, 0) is 50.2 Å². The summed E-state index contributed by atoms with van der Waals surface area (Å²) in [7, 11) is 0. The number of ether oxygens (including phenoxy) is 1. The number of nitrogens with zero attached hydrogens (tertiary/aromatic N) is 1. The summed E-state index contributed by atoms with van der Waals surface area (Å²) >= 11 is 0. The Kier molecular flexibility index (Phi) is 5.54. The number of pyridine rings is 1. The van der Waals surface area contributed by atoms with Crippen molar-refractivity contribution in [3.05, 3.63) is 71.4 Å². The fourth-order valence-electron chi connectivity index (χ4n) is 2.74. The number of alkyl halides is 3. The summed E-state index contributed by atoms with van der Waals surface area (Å²) in [6, 6.07) is 12.6. The highest BCUT2D eigenvalue weighted by atomic mass is 19.4. The van der Waals surface area contributed by atoms with Crippen molar-refractivity contribution in [3.8, 4) is 0 Å². The number of carbonyl (C=O) groups is 2. The summed E-state index contributed by atoms with van der Waals surface area (Å²) < 4.78 is 43.1. The molecule has 0 radical (unpaired) electrons. The van der Waals surface area contributed by atoms with E-state index >= 15 is 0 Å². The number of aromatic nitrogens is 1. The highest BCUT2D eigenvalue weighted by Crippen LogP contribution is 2.29. The smallest absolute Gasteiger partial charge is 0.416 e. The van der Waals surface area contributed by atoms with E-state index in [0.717, 1.165) is 24.3 Å². The zero-order valence-electron chi connectivity index (χ0n) is 15.6. The molecule has 150 valence electrons. The van der Waals surface area contributed by atoms with Crippen LogP contribution < -0.4 is 5.32 Å². The molecule has 0 aliphatic heterocycles. The minimum absolute atomic E-state index is 0.163. The van der Waals surface area contributed by atoms with E-state index in [4.69, 9.17) is 4.74 Å². The molecule has 0 fully saturated rings. The Bertz CT molecular complexity index is 1060. The van der Waals surface area contributed by atoms with Crippen LogP contribution in [0.25, 0.3) is 10.9 Å². The van der Waals surface area contributed by atoms with Crippen molar-refractivity contribution in [1.29, 1.82) is 0 Å². The predicted molar refractivity (Wildman–Crippen MR) is 101 cm³/mol. The molecule has 0 aliphatic rings. The van der Waals surface area contributed by atoms with Gasteiger partial charge < -0.3 is 10.1 Å². The zero-order valence-corrected chi connectivity index (χ0v) is 15.6. The molecule has 1 amide bonds. The maximum absolute atomic E-state index is 12.6. The van der Waals surface area contributed by atoms with Crippen LogP contribution in [0.15, 0.2) is 54.6 Å². The van der Waals surface area contributed by atoms with Gasteiger partial charge in [0.2, 0.25) is 0 Å². The van der Waals surface area contributed by atoms with Crippen LogP contribution in [-0.2, 0) is 15.7 Å². The van der Waals surface area contributed by atoms with Gasteiger partial charge in [-0.3, -0.25) is 9.78 Å². The van der Waals surface area contributed by atoms with Crippen molar-refractivity contribution < 1.29 is 27.5 Å². The van der Waals surface area contributed by atoms with Crippen LogP contribution >= 0.6 is 0 Å². The Morgan fingerprint density at radius 3 is 2.38 bits per heavy atom. The van der Waals surface area contributed by atoms with E-state index in [1.807, 2.05) is 0 Å². The second-order valence-electron chi connectivity index (χ2n) is 6.44. The first-order chi connectivity index (χ1) is 13.6. The summed E-state index contributed by atoms with van der Waals surface area (Å²) in [5.74, 6) is -1.35. The number of rotatable bonds is 4. The van der Waals surface area contributed by atoms with Gasteiger partial charge in [-0.2, -0.15) is 13.2 Å². The predicted octanol–water partition coefficient (Wildman–Crippen LogP) is 4.75. The summed E-state index contributed by atoms with van der Waals surface area (Å²) in [4.78, 5) is 29.2. The maximum Gasteiger partial charge on any atom is 0.416 e. The molecule has 0 saturated carbocycles. The minimum Gasteiger partial charge on any atom is -0.449 e. The Hall–Kier alpha value is -3.42. The van der Waals surface area contributed by atoms with Crippen molar-refractivity contribution >= 4 is 28.5 Å². The summed E-state index contributed by atoms with van der Waals surface area (Å²) in [5, 5.41) is 3.03. The number of hydrogen-bond donors (Lipinski definition) is 1. The van der Waals surface area contributed by atoms with E-state index < -0.39 is 29.7 Å². The van der Waals surface area contributed by atoms with Crippen LogP contribution in [0.5, 0.6) is 0 Å². The highest BCUT2D eigenvalue weighted by molar-refractivity contribution is 6.05. The number of para-hydroxylation sites is 1. The third kappa shape index (κ3) is 4.71. The number of anilines is 1. The molecular weight excluding hydrogens is 385 g/mol. The quantitative estimate of drug-likeness (QED) is 0.640. The largest absolute Gasteiger partial charge is 0.449 e. The number of carbonyl (C=O) groups excluding carboxylic acids is 2. The van der Waals surface area contributed by atoms with Gasteiger partial charge in [0.1, 0.15) is 0 Å². The Balaban J connectivity index is 1.71. The van der Waals surface area contributed by atoms with Crippen molar-refractivity contribution in [2.45, 2.75) is 26.1 Å². The Morgan fingerprint density at radius 2 is 1.72 bits per heavy atom. The first-order valence-electron chi connectivity index (χ1n) is 8.70. The van der Waals surface area contributed by atoms with Gasteiger partial charge in [0.25, 0.3) is 5.91 Å². The SMILES string of the molecule is Cc1cc(C(=O)O[C@@H](C)C(=O)Nc2ccc(C(F)(F)F)cc2)c2ccccc2n1. The van der Waals surface area contributed by atoms with Crippen molar-refractivity contribution in [1.82, 2.24) is 4.98 Å². The van der Waals surface area contributed by atoms with E-state index in [2.05, 4.69) is 10.3 Å². The third-order valence-corrected chi connectivity index (χ3v) is 4.20. The molecule has 0 aliphatic carbocycles. The van der Waals surface area contributed by atoms with Gasteiger partial charge in [0.15, 0.2) is 6.10 Å². The fourth-order valence-corrected chi connectivity index (χ4v) is 2.74. The zero-order chi connectivity index (χ0) is 21.2. The maximum atomic E-state index is 12.6. The Morgan fingerprint density at radius 1 is 1.07 bits per heavy atom. The average Bonchev–Trinajstić information content (AvgIpc) is 2.66. The molecule has 1 atom stereocenters. The molecule has 0 saturated heterocycles. The van der Waals surface area contributed by atoms with E-state index in [0.29, 0.717) is 16.6 Å². The molecular formula is C21H17F3N2O3. The molecule has 2 aromatic carbocycles. The van der Waals surface area contributed by atoms with E-state index in [-0.39, 0.29) is 11.3 Å². The van der Waals surface area contributed by atoms with Crippen molar-refractivity contribution in [2.75, 3.05) is 5.32 Å². The number of fused-ring (bicyclic) bond motifs is 1. The molecule has 5 nitrogen and oxygen atoms in total. The first kappa shape index (κ1) is 20.3. The number of esters is 1. The lowest BCUT2D eigenvalue weighted by atomic mass is 10.1. The van der Waals surface area contributed by atoms with Crippen molar-refractivity contribution in [2.24, 2.45) is 0 Å². The lowest BCUT2D eigenvalue weighted by molar-refractivity contribution is -0.137. The van der Waals surface area contributed by atoms with Gasteiger partial charge in [-0.15, -0.1) is 0 Å². The topological polar surface area (TPSA) is 68.3 Å². The van der Waals surface area contributed by atoms with Crippen LogP contribution in [-0.4, -0.2) is 23.0 Å². The average molecular weight is 402 g/mol. The van der Waals surface area contributed by atoms with Crippen LogP contribution in [0, 0.1) is 6.92 Å². The summed E-state index contributed by atoms with van der Waals surface area (Å²) in [6.45, 7) is 3.12. The molecule has 3 rings (SSSR count). The van der Waals surface area contributed by atoms with Crippen LogP contribution in [0.2, 0.25) is 0 Å². The van der Waals surface area contributed by atoms with E-state index in [1.54, 1.807) is 37.3 Å². The Labute approximate surface area is 164 Å². The molecule has 1 N–H and O–H groups in total. The van der Waals surface area contributed by atoms with Crippen molar-refractivity contribution in [3.63, 3.8) is 0 Å². The van der Waals surface area contributed by atoms with Gasteiger partial charge in [-0.25, -0.2) is 4.79 Å². The molecule has 8 heteroatoms. The van der Waals surface area contributed by atoms with Crippen LogP contribution in [0.3, 0.4) is 0 Å². The number of hydrogen-bond acceptors (Lipinski definition) is 4. The first-order valence-corrected chi connectivity index (χ1v) is 8.70. The number of aryl methyl sites for hydroxylation is 1. The number of nitrogens with one attached hydrogen (secondary N) is 1. The van der Waals surface area contributed by atoms with Gasteiger partial charge in [0, 0.05) is 16.8 Å². The minimum atomic E-state index is -4.46. The number of benzene rings is 2. The van der Waals surface area contributed by atoms with Crippen LogP contribution in [0.1, 0.15) is 28.5 Å². The fraction of sp³-hybridized carbons (Fsp3) is 0.190. The number of halogens is 3. The normalized spacial score (nSPS) is 12.4. The second kappa shape index (κ2) is 7.90. The van der Waals surface area contributed by atoms with Crippen LogP contribution in [0.4, 0.5) is 18.9 Å². The molecule has 0 unspecified atom stereocenters. The standard InChI is InChI=1S/C21H17F3N2O3/c1-12-11-17(16-5-3-4-6-18(16)25-12)20(28)29-13(2)19(27)26-15-9-7-14(8-10-15)21(22,23)24/h3-11,13H,1-2H3,(H,26,27)/t13-/m0/s1. The van der Waals surface area contributed by atoms with Gasteiger partial charge in [-0.1, -0.05) is 18.2 Å². The highest BCUT2D eigenvalue weighted by Gasteiger charge is 2.30. The third-order valence-electron chi connectivity index (χ3n) is 4.20. The summed E-state index contributed by atoms with van der Waals surface area (Å²) in [6.07, 6.45) is -5.62. The van der Waals surface area contributed by atoms with E-state index in [9.17, 15) is 22.8 Å². The molecule has 3 aromatic rings. The van der Waals surface area contributed by atoms with Gasteiger partial charge >= 0.3 is 12.1 Å². The lowest BCUT2D eigenvalue weighted by Crippen LogP contribution is -2.30. The molecule has 0 bridgehead atoms. The monoisotopic (exact) mass is 402 g/mol. The molecule has 1 heterocycles. The van der Waals surface area contributed by atoms with Gasteiger partial charge in [0.05, 0.1) is 16.6 Å². The second-order valence-corrected chi connectivity index (χ2v) is 6.44.